The van der Waals surface area contributed by atoms with Gasteiger partial charge in [0.1, 0.15) is 73.2 Å². The van der Waals surface area contributed by atoms with Crippen molar-refractivity contribution in [3.63, 3.8) is 0 Å². The van der Waals surface area contributed by atoms with Crippen molar-refractivity contribution in [1.82, 2.24) is 5.32 Å². The summed E-state index contributed by atoms with van der Waals surface area (Å²) in [5.41, 5.74) is 0. The molecule has 0 aromatic heterocycles. The van der Waals surface area contributed by atoms with Gasteiger partial charge < -0.3 is 89.9 Å². The van der Waals surface area contributed by atoms with Crippen molar-refractivity contribution in [2.45, 2.75) is 324 Å². The van der Waals surface area contributed by atoms with Crippen LogP contribution in [0.2, 0.25) is 0 Å². The Balaban J connectivity index is 1.37. The maximum Gasteiger partial charge on any atom is 0.220 e. The Hall–Kier alpha value is -1.47. The highest BCUT2D eigenvalue weighted by Crippen LogP contribution is 2.33. The fourth-order valence-electron chi connectivity index (χ4n) is 10.5. The fraction of sp³-hybridized carbons (Fsp3) is 0.948. The smallest absolute Gasteiger partial charge is 0.220 e. The molecule has 0 aromatic rings. The lowest BCUT2D eigenvalue weighted by atomic mass is 9.96. The standard InChI is InChI=1S/C58H109NO18/c1-3-5-7-9-10-11-12-13-14-15-16-17-18-19-20-21-22-23-24-25-26-27-28-29-30-32-33-35-42(63)41(59-46(64)36-34-31-8-6-4-2)40-72-56-52(70)49(67)54(44(38-61)74-56)77-58-53(71)50(68)55(45(39-62)75-58)76-57-51(69)48(66)47(65)43(37-60)73-57/h33,35,41-45,47-58,60-63,65-71H,3-32,34,36-40H2,1-2H3,(H,59,64)/b35-33+. The van der Waals surface area contributed by atoms with Gasteiger partial charge in [0.15, 0.2) is 18.9 Å². The summed E-state index contributed by atoms with van der Waals surface area (Å²) in [4.78, 5) is 13.1. The first-order valence-corrected chi connectivity index (χ1v) is 30.4. The molecule has 3 aliphatic heterocycles. The van der Waals surface area contributed by atoms with E-state index in [0.29, 0.717) is 6.42 Å². The molecule has 1 amide bonds. The Labute approximate surface area is 461 Å². The maximum atomic E-state index is 13.1. The molecule has 3 heterocycles. The molecule has 0 saturated carbocycles. The molecule has 17 atom stereocenters. The van der Waals surface area contributed by atoms with Crippen LogP contribution in [0.3, 0.4) is 0 Å². The van der Waals surface area contributed by atoms with E-state index in [1.165, 1.54) is 141 Å². The number of hydrogen-bond donors (Lipinski definition) is 12. The van der Waals surface area contributed by atoms with Crippen molar-refractivity contribution in [3.05, 3.63) is 12.2 Å². The second-order valence-corrected chi connectivity index (χ2v) is 22.2. The van der Waals surface area contributed by atoms with Crippen LogP contribution < -0.4 is 5.32 Å². The Morgan fingerprint density at radius 3 is 1.22 bits per heavy atom. The molecular weight excluding hydrogens is 999 g/mol. The minimum atomic E-state index is -1.97. The summed E-state index contributed by atoms with van der Waals surface area (Å²) >= 11 is 0. The van der Waals surface area contributed by atoms with Crippen LogP contribution in [0.25, 0.3) is 0 Å². The number of ether oxygens (including phenoxy) is 6. The van der Waals surface area contributed by atoms with Gasteiger partial charge in [-0.05, 0) is 19.3 Å². The van der Waals surface area contributed by atoms with Crippen molar-refractivity contribution in [2.75, 3.05) is 26.4 Å². The lowest BCUT2D eigenvalue weighted by molar-refractivity contribution is -0.379. The predicted octanol–water partition coefficient (Wildman–Crippen LogP) is 5.38. The van der Waals surface area contributed by atoms with E-state index in [2.05, 4.69) is 19.2 Å². The Kier molecular flexibility index (Phi) is 38.4. The second kappa shape index (κ2) is 42.4. The molecule has 12 N–H and O–H groups in total. The first kappa shape index (κ1) is 69.8. The molecule has 0 spiro atoms. The highest BCUT2D eigenvalue weighted by molar-refractivity contribution is 5.76. The molecule has 3 saturated heterocycles. The SMILES string of the molecule is CCCCCCCCCCCCCCCCCCCCCCCCCCC/C=C/C(O)C(COC1OC(CO)C(OC2OC(CO)C(OC3OC(CO)C(O)C(O)C3O)C(O)C2O)C(O)C1O)NC(=O)CCCCCCC. The van der Waals surface area contributed by atoms with Gasteiger partial charge in [0.2, 0.25) is 5.91 Å². The Bertz CT molecular complexity index is 1460. The fourth-order valence-corrected chi connectivity index (χ4v) is 10.5. The van der Waals surface area contributed by atoms with Crippen LogP contribution in [0.5, 0.6) is 0 Å². The van der Waals surface area contributed by atoms with Gasteiger partial charge in [-0.15, -0.1) is 0 Å². The number of aliphatic hydroxyl groups is 11. The van der Waals surface area contributed by atoms with E-state index in [-0.39, 0.29) is 18.9 Å². The van der Waals surface area contributed by atoms with E-state index in [1.807, 2.05) is 6.08 Å². The molecule has 17 unspecified atom stereocenters. The molecule has 19 nitrogen and oxygen atoms in total. The van der Waals surface area contributed by atoms with E-state index in [1.54, 1.807) is 6.08 Å². The highest BCUT2D eigenvalue weighted by atomic mass is 16.8. The summed E-state index contributed by atoms with van der Waals surface area (Å²) in [6, 6.07) is -0.964. The number of unbranched alkanes of at least 4 members (excludes halogenated alkanes) is 29. The lowest BCUT2D eigenvalue weighted by Gasteiger charge is -2.48. The summed E-state index contributed by atoms with van der Waals surface area (Å²) < 4.78 is 34.1. The van der Waals surface area contributed by atoms with Gasteiger partial charge in [-0.2, -0.15) is 0 Å². The van der Waals surface area contributed by atoms with Gasteiger partial charge in [0.05, 0.1) is 38.6 Å². The number of hydrogen-bond acceptors (Lipinski definition) is 18. The van der Waals surface area contributed by atoms with Gasteiger partial charge in [0.25, 0.3) is 0 Å². The monoisotopic (exact) mass is 1110 g/mol. The summed E-state index contributed by atoms with van der Waals surface area (Å²) in [5.74, 6) is -0.287. The van der Waals surface area contributed by atoms with E-state index in [0.717, 1.165) is 51.4 Å². The minimum Gasteiger partial charge on any atom is -0.394 e. The normalized spacial score (nSPS) is 30.7. The number of carbonyl (C=O) groups is 1. The average Bonchev–Trinajstić information content (AvgIpc) is 3.45. The number of rotatable bonds is 45. The van der Waals surface area contributed by atoms with Crippen LogP contribution in [0.4, 0.5) is 0 Å². The molecule has 0 aromatic carbocycles. The molecule has 0 bridgehead atoms. The maximum absolute atomic E-state index is 13.1. The first-order chi connectivity index (χ1) is 37.3. The van der Waals surface area contributed by atoms with Crippen molar-refractivity contribution in [1.29, 1.82) is 0 Å². The van der Waals surface area contributed by atoms with Gasteiger partial charge in [-0.3, -0.25) is 4.79 Å². The molecule has 454 valence electrons. The molecular formula is C58H109NO18. The van der Waals surface area contributed by atoms with E-state index >= 15 is 0 Å². The van der Waals surface area contributed by atoms with Gasteiger partial charge >= 0.3 is 0 Å². The lowest BCUT2D eigenvalue weighted by Crippen LogP contribution is -2.66. The molecule has 3 aliphatic rings. The van der Waals surface area contributed by atoms with E-state index < -0.39 is 124 Å². The minimum absolute atomic E-state index is 0.241. The molecule has 3 rings (SSSR count). The number of carbonyl (C=O) groups excluding carboxylic acids is 1. The van der Waals surface area contributed by atoms with Crippen molar-refractivity contribution in [3.8, 4) is 0 Å². The summed E-state index contributed by atoms with van der Waals surface area (Å²) in [7, 11) is 0. The Morgan fingerprint density at radius 2 is 0.805 bits per heavy atom. The van der Waals surface area contributed by atoms with Crippen LogP contribution in [0.1, 0.15) is 219 Å². The number of amides is 1. The number of nitrogens with one attached hydrogen (secondary N) is 1. The van der Waals surface area contributed by atoms with Gasteiger partial charge in [-0.1, -0.05) is 206 Å². The average molecular weight is 1110 g/mol. The quantitative estimate of drug-likeness (QED) is 0.0269. The van der Waals surface area contributed by atoms with Crippen molar-refractivity contribution < 1.29 is 89.4 Å². The van der Waals surface area contributed by atoms with Crippen molar-refractivity contribution in [2.24, 2.45) is 0 Å². The van der Waals surface area contributed by atoms with Crippen LogP contribution >= 0.6 is 0 Å². The van der Waals surface area contributed by atoms with Crippen molar-refractivity contribution >= 4 is 5.91 Å². The van der Waals surface area contributed by atoms with Crippen LogP contribution in [-0.2, 0) is 33.2 Å². The third kappa shape index (κ3) is 26.5. The predicted molar refractivity (Wildman–Crippen MR) is 291 cm³/mol. The largest absolute Gasteiger partial charge is 0.394 e. The number of allylic oxidation sites excluding steroid dienone is 1. The zero-order chi connectivity index (χ0) is 56.2. The summed E-state index contributed by atoms with van der Waals surface area (Å²) in [6.45, 7) is 1.62. The van der Waals surface area contributed by atoms with Crippen LogP contribution in [0, 0.1) is 0 Å². The number of aliphatic hydroxyl groups excluding tert-OH is 11. The molecule has 0 radical (unpaired) electrons. The second-order valence-electron chi connectivity index (χ2n) is 22.2. The molecule has 3 fully saturated rings. The van der Waals surface area contributed by atoms with E-state index in [4.69, 9.17) is 28.4 Å². The molecule has 0 aliphatic carbocycles. The zero-order valence-electron chi connectivity index (χ0n) is 47.2. The van der Waals surface area contributed by atoms with Gasteiger partial charge in [-0.25, -0.2) is 0 Å². The topological polar surface area (TPSA) is 307 Å². The van der Waals surface area contributed by atoms with Crippen LogP contribution in [0.15, 0.2) is 12.2 Å². The molecule has 19 heteroatoms. The first-order valence-electron chi connectivity index (χ1n) is 30.4. The Morgan fingerprint density at radius 1 is 0.455 bits per heavy atom. The third-order valence-electron chi connectivity index (χ3n) is 15.6. The van der Waals surface area contributed by atoms with E-state index in [9.17, 15) is 61.0 Å². The van der Waals surface area contributed by atoms with Crippen LogP contribution in [-0.4, -0.2) is 193 Å². The van der Waals surface area contributed by atoms with Gasteiger partial charge in [0, 0.05) is 6.42 Å². The summed E-state index contributed by atoms with van der Waals surface area (Å²) in [5, 5.41) is 120. The zero-order valence-corrected chi connectivity index (χ0v) is 47.2. The third-order valence-corrected chi connectivity index (χ3v) is 15.6. The molecule has 77 heavy (non-hydrogen) atoms. The summed E-state index contributed by atoms with van der Waals surface area (Å²) in [6.07, 6.45) is 15.7. The highest BCUT2D eigenvalue weighted by Gasteiger charge is 2.53.